The SMILES string of the molecule is c1ccc(-n2c3ccccc3c3ccc(N(c4ccc(-c5ccc(-n6c7ccccc7c7cc8ccccc8cc76)cc5)cc4)c4cccc5sc6ccccc6c45)cc32)cc1. The van der Waals surface area contributed by atoms with Crippen molar-refractivity contribution < 1.29 is 0 Å². The van der Waals surface area contributed by atoms with Gasteiger partial charge in [0.05, 0.1) is 27.8 Å². The van der Waals surface area contributed by atoms with Gasteiger partial charge in [-0.2, -0.15) is 0 Å². The Morgan fingerprint density at radius 2 is 0.855 bits per heavy atom. The van der Waals surface area contributed by atoms with E-state index >= 15 is 0 Å². The Balaban J connectivity index is 0.949. The largest absolute Gasteiger partial charge is 0.310 e. The van der Waals surface area contributed by atoms with Crippen molar-refractivity contribution in [3.8, 4) is 22.5 Å². The lowest BCUT2D eigenvalue weighted by Crippen LogP contribution is -2.10. The second kappa shape index (κ2) is 13.8. The fraction of sp³-hybridized carbons (Fsp3) is 0. The van der Waals surface area contributed by atoms with Crippen molar-refractivity contribution in [3.63, 3.8) is 0 Å². The Hall–Kier alpha value is -7.92. The van der Waals surface area contributed by atoms with E-state index in [2.05, 4.69) is 238 Å². The van der Waals surface area contributed by atoms with Gasteiger partial charge in [0.15, 0.2) is 0 Å². The van der Waals surface area contributed by atoms with Gasteiger partial charge >= 0.3 is 0 Å². The third-order valence-electron chi connectivity index (χ3n) is 12.7. The average molecular weight is 808 g/mol. The molecule has 13 aromatic rings. The van der Waals surface area contributed by atoms with Gasteiger partial charge in [-0.15, -0.1) is 11.3 Å². The highest BCUT2D eigenvalue weighted by Crippen LogP contribution is 2.46. The van der Waals surface area contributed by atoms with Gasteiger partial charge < -0.3 is 14.0 Å². The van der Waals surface area contributed by atoms with E-state index in [1.165, 1.54) is 85.7 Å². The van der Waals surface area contributed by atoms with E-state index in [0.717, 1.165) is 28.4 Å². The normalized spacial score (nSPS) is 11.9. The third kappa shape index (κ3) is 5.37. The van der Waals surface area contributed by atoms with Gasteiger partial charge in [-0.05, 0) is 113 Å². The first kappa shape index (κ1) is 34.9. The molecule has 0 aliphatic rings. The van der Waals surface area contributed by atoms with E-state index in [1.54, 1.807) is 0 Å². The molecule has 0 radical (unpaired) electrons. The zero-order valence-corrected chi connectivity index (χ0v) is 34.4. The summed E-state index contributed by atoms with van der Waals surface area (Å²) in [4.78, 5) is 2.45. The van der Waals surface area contributed by atoms with Gasteiger partial charge in [-0.3, -0.25) is 0 Å². The zero-order valence-electron chi connectivity index (χ0n) is 33.6. The van der Waals surface area contributed by atoms with E-state index in [0.29, 0.717) is 0 Å². The van der Waals surface area contributed by atoms with Crippen LogP contribution in [0.1, 0.15) is 0 Å². The van der Waals surface area contributed by atoms with Gasteiger partial charge in [0.25, 0.3) is 0 Å². The topological polar surface area (TPSA) is 13.1 Å². The minimum atomic E-state index is 1.10. The van der Waals surface area contributed by atoms with Crippen LogP contribution in [0.5, 0.6) is 0 Å². The van der Waals surface area contributed by atoms with Crippen molar-refractivity contribution in [1.82, 2.24) is 9.13 Å². The first-order valence-corrected chi connectivity index (χ1v) is 22.0. The maximum Gasteiger partial charge on any atom is 0.0561 e. The van der Waals surface area contributed by atoms with E-state index in [1.807, 2.05) is 11.3 Å². The molecule has 0 amide bonds. The molecule has 10 aromatic carbocycles. The van der Waals surface area contributed by atoms with Gasteiger partial charge in [-0.1, -0.05) is 133 Å². The van der Waals surface area contributed by atoms with Crippen LogP contribution in [0.2, 0.25) is 0 Å². The van der Waals surface area contributed by atoms with Crippen molar-refractivity contribution in [3.05, 3.63) is 224 Å². The van der Waals surface area contributed by atoms with E-state index in [9.17, 15) is 0 Å². The smallest absolute Gasteiger partial charge is 0.0561 e. The fourth-order valence-electron chi connectivity index (χ4n) is 9.86. The van der Waals surface area contributed by atoms with Crippen molar-refractivity contribution >= 4 is 103 Å². The molecular weight excluding hydrogens is 771 g/mol. The summed E-state index contributed by atoms with van der Waals surface area (Å²) in [5.74, 6) is 0. The highest BCUT2D eigenvalue weighted by molar-refractivity contribution is 7.26. The van der Waals surface area contributed by atoms with Crippen LogP contribution < -0.4 is 4.90 Å². The second-order valence-corrected chi connectivity index (χ2v) is 17.2. The number of thiophene rings is 1. The molecule has 0 aliphatic carbocycles. The van der Waals surface area contributed by atoms with Gasteiger partial charge in [-0.25, -0.2) is 0 Å². The summed E-state index contributed by atoms with van der Waals surface area (Å²) in [5.41, 5.74) is 12.8. The molecule has 0 fully saturated rings. The molecule has 3 aromatic heterocycles. The quantitative estimate of drug-likeness (QED) is 0.163. The molecule has 0 unspecified atom stereocenters. The fourth-order valence-corrected chi connectivity index (χ4v) is 11.0. The van der Waals surface area contributed by atoms with Crippen molar-refractivity contribution in [2.75, 3.05) is 4.90 Å². The lowest BCUT2D eigenvalue weighted by atomic mass is 10.0. The number of aromatic nitrogens is 2. The van der Waals surface area contributed by atoms with Crippen LogP contribution in [0.25, 0.3) is 97.1 Å². The van der Waals surface area contributed by atoms with E-state index in [-0.39, 0.29) is 0 Å². The number of benzene rings is 10. The molecule has 0 spiro atoms. The zero-order chi connectivity index (χ0) is 40.7. The lowest BCUT2D eigenvalue weighted by Gasteiger charge is -2.27. The summed E-state index contributed by atoms with van der Waals surface area (Å²) < 4.78 is 7.38. The monoisotopic (exact) mass is 807 g/mol. The number of rotatable bonds is 6. The minimum absolute atomic E-state index is 1.10. The molecule has 290 valence electrons. The number of hydrogen-bond donors (Lipinski definition) is 0. The molecule has 13 rings (SSSR count). The van der Waals surface area contributed by atoms with Crippen LogP contribution in [0.15, 0.2) is 224 Å². The molecule has 0 aliphatic heterocycles. The van der Waals surface area contributed by atoms with Crippen LogP contribution in [-0.4, -0.2) is 9.13 Å². The summed E-state index contributed by atoms with van der Waals surface area (Å²) in [5, 5.41) is 10.1. The molecule has 0 saturated heterocycles. The standard InChI is InChI=1S/C58H37N3S/c1-2-15-42(16-3-1)60-51-20-9-6-17-46(51)48-34-33-45(37-55(48)60)59(53-22-12-24-57-58(53)49-19-8-11-23-56(49)62-57)43-29-25-38(26-30-43)39-27-31-44(32-28-39)61-52-21-10-7-18-47(52)50-35-40-13-4-5-14-41(40)36-54(50)61/h1-37H. The molecule has 0 saturated carbocycles. The Bertz CT molecular complexity index is 3850. The lowest BCUT2D eigenvalue weighted by molar-refractivity contribution is 1.18. The molecule has 0 N–H and O–H groups in total. The van der Waals surface area contributed by atoms with Crippen LogP contribution in [0, 0.1) is 0 Å². The number of fused-ring (bicyclic) bond motifs is 10. The van der Waals surface area contributed by atoms with Crippen LogP contribution in [0.4, 0.5) is 17.1 Å². The van der Waals surface area contributed by atoms with Gasteiger partial charge in [0.1, 0.15) is 0 Å². The number of anilines is 3. The Morgan fingerprint density at radius 1 is 0.323 bits per heavy atom. The molecular formula is C58H37N3S. The van der Waals surface area contributed by atoms with Gasteiger partial charge in [0.2, 0.25) is 0 Å². The summed E-state index contributed by atoms with van der Waals surface area (Å²) in [6, 6.07) is 82.2. The molecule has 3 nitrogen and oxygen atoms in total. The molecule has 0 bridgehead atoms. The van der Waals surface area contributed by atoms with Crippen LogP contribution >= 0.6 is 11.3 Å². The average Bonchev–Trinajstić information content (AvgIpc) is 3.99. The van der Waals surface area contributed by atoms with E-state index in [4.69, 9.17) is 0 Å². The van der Waals surface area contributed by atoms with Crippen molar-refractivity contribution in [1.29, 1.82) is 0 Å². The summed E-state index contributed by atoms with van der Waals surface area (Å²) in [6.45, 7) is 0. The number of hydrogen-bond acceptors (Lipinski definition) is 2. The molecule has 4 heteroatoms. The number of nitrogens with zero attached hydrogens (tertiary/aromatic N) is 3. The van der Waals surface area contributed by atoms with Crippen LogP contribution in [-0.2, 0) is 0 Å². The summed E-state index contributed by atoms with van der Waals surface area (Å²) in [6.07, 6.45) is 0. The van der Waals surface area contributed by atoms with Crippen molar-refractivity contribution in [2.24, 2.45) is 0 Å². The Labute approximate surface area is 362 Å². The maximum atomic E-state index is 2.45. The predicted molar refractivity (Wildman–Crippen MR) is 266 cm³/mol. The third-order valence-corrected chi connectivity index (χ3v) is 13.8. The Morgan fingerprint density at radius 3 is 1.60 bits per heavy atom. The van der Waals surface area contributed by atoms with E-state index < -0.39 is 0 Å². The second-order valence-electron chi connectivity index (χ2n) is 16.1. The first-order valence-electron chi connectivity index (χ1n) is 21.2. The molecule has 62 heavy (non-hydrogen) atoms. The highest BCUT2D eigenvalue weighted by atomic mass is 32.1. The van der Waals surface area contributed by atoms with Crippen molar-refractivity contribution in [2.45, 2.75) is 0 Å². The molecule has 3 heterocycles. The predicted octanol–water partition coefficient (Wildman–Crippen LogP) is 16.5. The summed E-state index contributed by atoms with van der Waals surface area (Å²) in [7, 11) is 0. The maximum absolute atomic E-state index is 2.45. The number of para-hydroxylation sites is 3. The highest BCUT2D eigenvalue weighted by Gasteiger charge is 2.21. The van der Waals surface area contributed by atoms with Gasteiger partial charge in [0, 0.05) is 64.5 Å². The minimum Gasteiger partial charge on any atom is -0.310 e. The summed E-state index contributed by atoms with van der Waals surface area (Å²) >= 11 is 1.86. The van der Waals surface area contributed by atoms with Crippen LogP contribution in [0.3, 0.4) is 0 Å². The molecule has 0 atom stereocenters. The first-order chi connectivity index (χ1) is 30.7. The Kier molecular flexibility index (Phi) is 7.78.